The number of piperazine rings is 1. The van der Waals surface area contributed by atoms with Gasteiger partial charge in [-0.1, -0.05) is 6.07 Å². The van der Waals surface area contributed by atoms with Crippen LogP contribution in [0, 0.1) is 0 Å². The van der Waals surface area contributed by atoms with Crippen LogP contribution in [0.3, 0.4) is 0 Å². The van der Waals surface area contributed by atoms with Crippen molar-refractivity contribution in [3.8, 4) is 0 Å². The Morgan fingerprint density at radius 2 is 1.74 bits per heavy atom. The fourth-order valence-corrected chi connectivity index (χ4v) is 4.71. The van der Waals surface area contributed by atoms with Crippen LogP contribution < -0.4 is 0 Å². The van der Waals surface area contributed by atoms with Gasteiger partial charge in [0.2, 0.25) is 0 Å². The van der Waals surface area contributed by atoms with Crippen molar-refractivity contribution >= 4 is 23.4 Å². The first-order valence-corrected chi connectivity index (χ1v) is 11.5. The van der Waals surface area contributed by atoms with E-state index in [1.807, 2.05) is 35.0 Å². The van der Waals surface area contributed by atoms with Crippen molar-refractivity contribution < 1.29 is 18.8 Å². The third kappa shape index (κ3) is 3.89. The molecule has 2 aliphatic heterocycles. The molecule has 1 fully saturated rings. The third-order valence-electron chi connectivity index (χ3n) is 6.57. The van der Waals surface area contributed by atoms with Gasteiger partial charge in [-0.25, -0.2) is 4.98 Å². The number of hydrogen-bond acceptors (Lipinski definition) is 6. The molecule has 0 bridgehead atoms. The normalized spacial score (nSPS) is 16.3. The zero-order valence-electron chi connectivity index (χ0n) is 19.0. The molecule has 0 N–H and O–H groups in total. The number of fused-ring (bicyclic) bond motifs is 2. The van der Waals surface area contributed by atoms with Crippen LogP contribution in [0.25, 0.3) is 5.65 Å². The lowest BCUT2D eigenvalue weighted by atomic mass is 10.0. The van der Waals surface area contributed by atoms with Gasteiger partial charge in [-0.15, -0.1) is 0 Å². The molecule has 0 aliphatic carbocycles. The molecule has 0 unspecified atom stereocenters. The maximum absolute atomic E-state index is 13.2. The molecule has 6 rings (SSSR count). The topological polar surface area (TPSA) is 91.4 Å². The Labute approximate surface area is 201 Å². The summed E-state index contributed by atoms with van der Waals surface area (Å²) in [7, 11) is 0. The Balaban J connectivity index is 1.11. The minimum Gasteiger partial charge on any atom is -0.467 e. The molecule has 3 amide bonds. The number of pyridine rings is 1. The van der Waals surface area contributed by atoms with E-state index in [0.29, 0.717) is 30.0 Å². The highest BCUT2D eigenvalue weighted by molar-refractivity contribution is 6.22. The van der Waals surface area contributed by atoms with Crippen LogP contribution in [0.4, 0.5) is 0 Å². The van der Waals surface area contributed by atoms with E-state index in [1.54, 1.807) is 35.2 Å². The molecule has 5 heterocycles. The van der Waals surface area contributed by atoms with E-state index < -0.39 is 5.91 Å². The van der Waals surface area contributed by atoms with Crippen molar-refractivity contribution in [2.75, 3.05) is 26.2 Å². The van der Waals surface area contributed by atoms with Gasteiger partial charge < -0.3 is 13.7 Å². The van der Waals surface area contributed by atoms with Crippen molar-refractivity contribution in [2.45, 2.75) is 13.1 Å². The van der Waals surface area contributed by atoms with Gasteiger partial charge >= 0.3 is 0 Å². The third-order valence-corrected chi connectivity index (χ3v) is 6.57. The Hall–Kier alpha value is -4.24. The Kier molecular flexibility index (Phi) is 5.18. The SMILES string of the molecule is O=C(c1ccc2c(c1)C(=O)N(Cc1ccco1)C2=O)N1CCN(Cc2cn3ccccc3n2)CC1. The zero-order valence-corrected chi connectivity index (χ0v) is 19.0. The van der Waals surface area contributed by atoms with E-state index in [4.69, 9.17) is 4.42 Å². The molecule has 0 saturated carbocycles. The summed E-state index contributed by atoms with van der Waals surface area (Å²) in [6.07, 6.45) is 5.51. The second kappa shape index (κ2) is 8.52. The van der Waals surface area contributed by atoms with E-state index in [0.717, 1.165) is 35.9 Å². The van der Waals surface area contributed by atoms with Crippen molar-refractivity contribution in [3.63, 3.8) is 0 Å². The molecule has 9 heteroatoms. The molecular weight excluding hydrogens is 446 g/mol. The summed E-state index contributed by atoms with van der Waals surface area (Å²) >= 11 is 0. The first-order valence-electron chi connectivity index (χ1n) is 11.5. The maximum atomic E-state index is 13.2. The first-order chi connectivity index (χ1) is 17.1. The quantitative estimate of drug-likeness (QED) is 0.418. The van der Waals surface area contributed by atoms with E-state index in [1.165, 1.54) is 6.26 Å². The lowest BCUT2D eigenvalue weighted by Gasteiger charge is -2.34. The number of carbonyl (C=O) groups is 3. The molecule has 9 nitrogen and oxygen atoms in total. The van der Waals surface area contributed by atoms with Crippen LogP contribution in [0.1, 0.15) is 42.5 Å². The van der Waals surface area contributed by atoms with Crippen LogP contribution >= 0.6 is 0 Å². The van der Waals surface area contributed by atoms with Gasteiger partial charge in [-0.05, 0) is 42.5 Å². The predicted molar refractivity (Wildman–Crippen MR) is 126 cm³/mol. The lowest BCUT2D eigenvalue weighted by molar-refractivity contribution is 0.0622. The fourth-order valence-electron chi connectivity index (χ4n) is 4.71. The number of imidazole rings is 1. The summed E-state index contributed by atoms with van der Waals surface area (Å²) in [5, 5.41) is 0. The van der Waals surface area contributed by atoms with E-state index in [-0.39, 0.29) is 23.9 Å². The van der Waals surface area contributed by atoms with Crippen LogP contribution in [-0.4, -0.2) is 68.0 Å². The average molecular weight is 470 g/mol. The molecule has 1 saturated heterocycles. The van der Waals surface area contributed by atoms with Crippen LogP contribution in [0.2, 0.25) is 0 Å². The van der Waals surface area contributed by atoms with Gasteiger partial charge in [0.05, 0.1) is 29.6 Å². The zero-order chi connectivity index (χ0) is 23.9. The number of amides is 3. The minimum absolute atomic E-state index is 0.0664. The number of hydrogen-bond donors (Lipinski definition) is 0. The molecular formula is C26H23N5O4. The van der Waals surface area contributed by atoms with Crippen LogP contribution in [0.5, 0.6) is 0 Å². The highest BCUT2D eigenvalue weighted by Crippen LogP contribution is 2.26. The lowest BCUT2D eigenvalue weighted by Crippen LogP contribution is -2.48. The molecule has 3 aromatic heterocycles. The number of imide groups is 1. The van der Waals surface area contributed by atoms with Gasteiger partial charge in [0.1, 0.15) is 11.4 Å². The molecule has 2 aliphatic rings. The van der Waals surface area contributed by atoms with E-state index >= 15 is 0 Å². The number of nitrogens with zero attached hydrogens (tertiary/aromatic N) is 5. The minimum atomic E-state index is -0.409. The average Bonchev–Trinajstić information content (AvgIpc) is 3.60. The monoisotopic (exact) mass is 469 g/mol. The first kappa shape index (κ1) is 21.3. The van der Waals surface area contributed by atoms with Crippen molar-refractivity contribution in [1.82, 2.24) is 24.1 Å². The van der Waals surface area contributed by atoms with Crippen LogP contribution in [-0.2, 0) is 13.1 Å². The predicted octanol–water partition coefficient (Wildman–Crippen LogP) is 2.68. The number of rotatable bonds is 5. The Morgan fingerprint density at radius 1 is 0.914 bits per heavy atom. The fraction of sp³-hybridized carbons (Fsp3) is 0.231. The molecule has 0 spiro atoms. The van der Waals surface area contributed by atoms with Crippen LogP contribution in [0.15, 0.2) is 71.6 Å². The summed E-state index contributed by atoms with van der Waals surface area (Å²) in [4.78, 5) is 48.7. The number of aromatic nitrogens is 2. The molecule has 0 atom stereocenters. The van der Waals surface area contributed by atoms with E-state index in [2.05, 4.69) is 9.88 Å². The molecule has 176 valence electrons. The van der Waals surface area contributed by atoms with Gasteiger partial charge in [0.25, 0.3) is 17.7 Å². The molecule has 4 aromatic rings. The molecule has 1 aromatic carbocycles. The second-order valence-electron chi connectivity index (χ2n) is 8.80. The maximum Gasteiger partial charge on any atom is 0.261 e. The van der Waals surface area contributed by atoms with Gasteiger partial charge in [-0.3, -0.25) is 24.2 Å². The summed E-state index contributed by atoms with van der Waals surface area (Å²) in [6.45, 7) is 3.43. The highest BCUT2D eigenvalue weighted by atomic mass is 16.3. The van der Waals surface area contributed by atoms with Gasteiger partial charge in [-0.2, -0.15) is 0 Å². The largest absolute Gasteiger partial charge is 0.467 e. The summed E-state index contributed by atoms with van der Waals surface area (Å²) in [5.74, 6) is -0.392. The highest BCUT2D eigenvalue weighted by Gasteiger charge is 2.37. The van der Waals surface area contributed by atoms with Gasteiger partial charge in [0.15, 0.2) is 0 Å². The Bertz CT molecular complexity index is 1400. The van der Waals surface area contributed by atoms with Crippen molar-refractivity contribution in [2.24, 2.45) is 0 Å². The van der Waals surface area contributed by atoms with Gasteiger partial charge in [0, 0.05) is 50.7 Å². The summed E-state index contributed by atoms with van der Waals surface area (Å²) in [5.41, 5.74) is 2.91. The standard InChI is InChI=1S/C26H23N5O4/c32-24(29-11-9-28(10-12-29)15-19-16-30-8-2-1-5-23(30)27-19)18-6-7-21-22(14-18)26(34)31(25(21)33)17-20-4-3-13-35-20/h1-8,13-14,16H,9-12,15,17H2. The van der Waals surface area contributed by atoms with Crippen molar-refractivity contribution in [1.29, 1.82) is 0 Å². The smallest absolute Gasteiger partial charge is 0.261 e. The van der Waals surface area contributed by atoms with Crippen molar-refractivity contribution in [3.05, 3.63) is 95.3 Å². The second-order valence-corrected chi connectivity index (χ2v) is 8.80. The number of carbonyl (C=O) groups excluding carboxylic acids is 3. The molecule has 0 radical (unpaired) electrons. The summed E-state index contributed by atoms with van der Waals surface area (Å²) < 4.78 is 7.28. The summed E-state index contributed by atoms with van der Waals surface area (Å²) in [6, 6.07) is 14.1. The van der Waals surface area contributed by atoms with E-state index in [9.17, 15) is 14.4 Å². The number of benzene rings is 1. The Morgan fingerprint density at radius 3 is 2.51 bits per heavy atom. The number of furan rings is 1. The molecule has 35 heavy (non-hydrogen) atoms.